The van der Waals surface area contributed by atoms with E-state index in [2.05, 4.69) is 71.6 Å². The van der Waals surface area contributed by atoms with Crippen molar-refractivity contribution in [3.63, 3.8) is 0 Å². The van der Waals surface area contributed by atoms with E-state index in [-0.39, 0.29) is 0 Å². The molecule has 1 saturated carbocycles. The zero-order valence-corrected chi connectivity index (χ0v) is 14.1. The molecule has 4 rings (SSSR count). The summed E-state index contributed by atoms with van der Waals surface area (Å²) in [7, 11) is -1.45. The minimum atomic E-state index is -1.45. The SMILES string of the molecule is C[Si](C)(C1C2C=CC=CC2C2C=CC=CC21)N1CCNC1. The van der Waals surface area contributed by atoms with Gasteiger partial charge in [-0.1, -0.05) is 61.7 Å². The summed E-state index contributed by atoms with van der Waals surface area (Å²) in [4.78, 5) is 0. The molecule has 1 aliphatic heterocycles. The van der Waals surface area contributed by atoms with Crippen molar-refractivity contribution in [1.82, 2.24) is 9.88 Å². The maximum Gasteiger partial charge on any atom is 0.127 e. The average molecular weight is 299 g/mol. The highest BCUT2D eigenvalue weighted by molar-refractivity contribution is 6.76. The van der Waals surface area contributed by atoms with Crippen LogP contribution in [0.1, 0.15) is 0 Å². The van der Waals surface area contributed by atoms with Gasteiger partial charge in [-0.3, -0.25) is 0 Å². The summed E-state index contributed by atoms with van der Waals surface area (Å²) in [5.41, 5.74) is 0.829. The van der Waals surface area contributed by atoms with Gasteiger partial charge in [-0.2, -0.15) is 0 Å². The predicted octanol–water partition coefficient (Wildman–Crippen LogP) is 3.15. The fourth-order valence-electron chi connectivity index (χ4n) is 5.18. The zero-order valence-electron chi connectivity index (χ0n) is 13.1. The van der Waals surface area contributed by atoms with E-state index in [0.717, 1.165) is 30.6 Å². The summed E-state index contributed by atoms with van der Waals surface area (Å²) >= 11 is 0. The van der Waals surface area contributed by atoms with Crippen LogP contribution in [0.5, 0.6) is 0 Å². The van der Waals surface area contributed by atoms with Crippen molar-refractivity contribution in [3.8, 4) is 0 Å². The quantitative estimate of drug-likeness (QED) is 0.788. The predicted molar refractivity (Wildman–Crippen MR) is 91.3 cm³/mol. The number of rotatable bonds is 2. The zero-order chi connectivity index (χ0) is 14.4. The van der Waals surface area contributed by atoms with Crippen molar-refractivity contribution in [2.45, 2.75) is 18.6 Å². The minimum absolute atomic E-state index is 0.716. The maximum atomic E-state index is 3.54. The molecule has 0 bridgehead atoms. The Morgan fingerprint density at radius 3 is 1.86 bits per heavy atom. The largest absolute Gasteiger partial charge is 0.310 e. The highest BCUT2D eigenvalue weighted by atomic mass is 28.3. The van der Waals surface area contributed by atoms with E-state index < -0.39 is 8.24 Å². The molecule has 0 aromatic carbocycles. The summed E-state index contributed by atoms with van der Waals surface area (Å²) in [6.07, 6.45) is 19.0. The van der Waals surface area contributed by atoms with Crippen molar-refractivity contribution in [2.24, 2.45) is 23.7 Å². The third-order valence-electron chi connectivity index (χ3n) is 6.21. The van der Waals surface area contributed by atoms with Gasteiger partial charge in [-0.15, -0.1) is 0 Å². The summed E-state index contributed by atoms with van der Waals surface area (Å²) in [6.45, 7) is 8.70. The van der Waals surface area contributed by atoms with Gasteiger partial charge in [0.15, 0.2) is 0 Å². The lowest BCUT2D eigenvalue weighted by Crippen LogP contribution is -2.54. The summed E-state index contributed by atoms with van der Waals surface area (Å²) in [5.74, 6) is 2.90. The standard InChI is InChI=1S/C18H26N2Si/c1-21(2,20-12-11-19-13-20)18-16-9-5-3-7-14(16)15-8-4-6-10-17(15)18/h3-10,14-19H,11-13H2,1-2H3. The van der Waals surface area contributed by atoms with Crippen LogP contribution in [0.15, 0.2) is 48.6 Å². The average Bonchev–Trinajstić information content (AvgIpc) is 3.14. The molecule has 4 atom stereocenters. The first kappa shape index (κ1) is 13.7. The number of allylic oxidation sites excluding steroid dienone is 8. The third kappa shape index (κ3) is 2.06. The van der Waals surface area contributed by atoms with E-state index >= 15 is 0 Å². The van der Waals surface area contributed by atoms with E-state index in [4.69, 9.17) is 0 Å². The molecule has 0 spiro atoms. The molecule has 3 aliphatic carbocycles. The molecule has 0 radical (unpaired) electrons. The lowest BCUT2D eigenvalue weighted by molar-refractivity contribution is 0.457. The van der Waals surface area contributed by atoms with Gasteiger partial charge in [0, 0.05) is 19.8 Å². The molecular weight excluding hydrogens is 272 g/mol. The molecule has 2 fully saturated rings. The van der Waals surface area contributed by atoms with E-state index in [0.29, 0.717) is 11.8 Å². The highest BCUT2D eigenvalue weighted by Gasteiger charge is 2.55. The van der Waals surface area contributed by atoms with Gasteiger partial charge >= 0.3 is 0 Å². The first-order valence-electron chi connectivity index (χ1n) is 8.35. The number of hydrogen-bond acceptors (Lipinski definition) is 2. The van der Waals surface area contributed by atoms with Crippen molar-refractivity contribution in [3.05, 3.63) is 48.6 Å². The van der Waals surface area contributed by atoms with E-state index in [1.807, 2.05) is 0 Å². The molecule has 112 valence electrons. The normalized spacial score (nSPS) is 41.5. The van der Waals surface area contributed by atoms with Gasteiger partial charge in [0.25, 0.3) is 0 Å². The van der Waals surface area contributed by atoms with Crippen LogP contribution in [0.4, 0.5) is 0 Å². The molecule has 1 saturated heterocycles. The molecule has 3 heteroatoms. The Morgan fingerprint density at radius 2 is 1.38 bits per heavy atom. The Morgan fingerprint density at radius 1 is 0.857 bits per heavy atom. The second-order valence-electron chi connectivity index (χ2n) is 7.45. The first-order chi connectivity index (χ1) is 10.2. The van der Waals surface area contributed by atoms with Gasteiger partial charge in [0.1, 0.15) is 8.24 Å². The smallest absolute Gasteiger partial charge is 0.127 e. The third-order valence-corrected chi connectivity index (χ3v) is 10.6. The van der Waals surface area contributed by atoms with Gasteiger partial charge < -0.3 is 9.88 Å². The Labute approximate surface area is 129 Å². The fourth-order valence-corrected chi connectivity index (χ4v) is 9.36. The fraction of sp³-hybridized carbons (Fsp3) is 0.556. The Hall–Kier alpha value is -0.903. The molecule has 0 aromatic rings. The molecule has 0 aromatic heterocycles. The molecule has 1 heterocycles. The van der Waals surface area contributed by atoms with Crippen molar-refractivity contribution in [1.29, 1.82) is 0 Å². The lowest BCUT2D eigenvalue weighted by atomic mass is 9.83. The van der Waals surface area contributed by atoms with Crippen LogP contribution in [-0.2, 0) is 0 Å². The van der Waals surface area contributed by atoms with Gasteiger partial charge in [0.05, 0.1) is 0 Å². The van der Waals surface area contributed by atoms with Crippen LogP contribution in [0.2, 0.25) is 18.6 Å². The van der Waals surface area contributed by atoms with Crippen molar-refractivity contribution >= 4 is 8.24 Å². The van der Waals surface area contributed by atoms with Crippen molar-refractivity contribution in [2.75, 3.05) is 19.8 Å². The van der Waals surface area contributed by atoms with E-state index in [1.165, 1.54) is 6.54 Å². The lowest BCUT2D eigenvalue weighted by Gasteiger charge is -2.43. The summed E-state index contributed by atoms with van der Waals surface area (Å²) in [5, 5.41) is 3.54. The van der Waals surface area contributed by atoms with Gasteiger partial charge in [-0.25, -0.2) is 0 Å². The van der Waals surface area contributed by atoms with Crippen molar-refractivity contribution < 1.29 is 0 Å². The first-order valence-corrected chi connectivity index (χ1v) is 11.4. The number of fused-ring (bicyclic) bond motifs is 3. The van der Waals surface area contributed by atoms with Gasteiger partial charge in [0.2, 0.25) is 0 Å². The van der Waals surface area contributed by atoms with Crippen LogP contribution in [-0.4, -0.2) is 32.6 Å². The Bertz CT molecular complexity index is 491. The highest BCUT2D eigenvalue weighted by Crippen LogP contribution is 2.58. The molecule has 4 unspecified atom stereocenters. The van der Waals surface area contributed by atoms with E-state index in [9.17, 15) is 0 Å². The van der Waals surface area contributed by atoms with Crippen LogP contribution in [0.25, 0.3) is 0 Å². The van der Waals surface area contributed by atoms with Crippen LogP contribution in [0, 0.1) is 23.7 Å². The van der Waals surface area contributed by atoms with E-state index in [1.54, 1.807) is 0 Å². The Balaban J connectivity index is 1.72. The topological polar surface area (TPSA) is 15.3 Å². The Kier molecular flexibility index (Phi) is 3.32. The van der Waals surface area contributed by atoms with Gasteiger partial charge in [-0.05, 0) is 29.2 Å². The molecule has 0 amide bonds. The second kappa shape index (κ2) is 5.08. The number of hydrogen-bond donors (Lipinski definition) is 1. The van der Waals surface area contributed by atoms with Crippen LogP contribution in [0.3, 0.4) is 0 Å². The molecule has 21 heavy (non-hydrogen) atoms. The molecule has 1 N–H and O–H groups in total. The van der Waals surface area contributed by atoms with Crippen LogP contribution < -0.4 is 5.32 Å². The maximum absolute atomic E-state index is 3.54. The molecular formula is C18H26N2Si. The summed E-state index contributed by atoms with van der Waals surface area (Å²) < 4.78 is 2.79. The number of nitrogens with one attached hydrogen (secondary N) is 1. The monoisotopic (exact) mass is 298 g/mol. The second-order valence-corrected chi connectivity index (χ2v) is 12.1. The minimum Gasteiger partial charge on any atom is -0.310 e. The number of nitrogens with zero attached hydrogens (tertiary/aromatic N) is 1. The molecule has 2 nitrogen and oxygen atoms in total. The summed E-state index contributed by atoms with van der Waals surface area (Å²) in [6, 6.07) is 0. The van der Waals surface area contributed by atoms with Crippen LogP contribution >= 0.6 is 0 Å². The molecule has 4 aliphatic rings.